The second kappa shape index (κ2) is 2.53. The topological polar surface area (TPSA) is 103 Å². The molecule has 0 aromatic carbocycles. The van der Waals surface area contributed by atoms with Crippen LogP contribution >= 0.6 is 0 Å². The van der Waals surface area contributed by atoms with Crippen molar-refractivity contribution in [3.8, 4) is 0 Å². The maximum atomic E-state index is 12.3. The highest BCUT2D eigenvalue weighted by atomic mass is 16.7. The van der Waals surface area contributed by atoms with Gasteiger partial charge in [-0.1, -0.05) is 0 Å². The number of carbonyl (C=O) groups is 1. The molecule has 0 amide bonds. The van der Waals surface area contributed by atoms with Crippen LogP contribution in [0, 0.1) is 67.6 Å². The Balaban J connectivity index is 1.77. The first-order valence-electron chi connectivity index (χ1n) is 6.84. The van der Waals surface area contributed by atoms with Gasteiger partial charge in [0.2, 0.25) is 0 Å². The first-order valence-corrected chi connectivity index (χ1v) is 6.84. The normalized spacial score (nSPS) is 57.4. The van der Waals surface area contributed by atoms with Gasteiger partial charge in [-0.15, -0.1) is 0 Å². The molecule has 0 aromatic heterocycles. The van der Waals surface area contributed by atoms with Gasteiger partial charge in [-0.05, 0) is 36.5 Å². The van der Waals surface area contributed by atoms with Crippen LogP contribution in [-0.4, -0.2) is 21.3 Å². The Morgan fingerprint density at radius 3 is 1.68 bits per heavy atom. The van der Waals surface area contributed by atoms with Crippen molar-refractivity contribution >= 4 is 5.78 Å². The van der Waals surface area contributed by atoms with Gasteiger partial charge in [0.15, 0.2) is 0 Å². The van der Waals surface area contributed by atoms with E-state index in [1.807, 2.05) is 0 Å². The predicted molar refractivity (Wildman–Crippen MR) is 58.9 cm³/mol. The maximum absolute atomic E-state index is 12.3. The lowest BCUT2D eigenvalue weighted by Gasteiger charge is -2.42. The Kier molecular flexibility index (Phi) is 1.37. The van der Waals surface area contributed by atoms with Crippen molar-refractivity contribution in [2.24, 2.45) is 47.3 Å². The first-order chi connectivity index (χ1) is 9.01. The van der Waals surface area contributed by atoms with Gasteiger partial charge in [-0.25, -0.2) is 0 Å². The zero-order chi connectivity index (χ0) is 13.3. The van der Waals surface area contributed by atoms with Crippen LogP contribution in [0.2, 0.25) is 0 Å². The molecule has 5 aliphatic rings. The minimum atomic E-state index is -1.99. The molecule has 5 aliphatic carbocycles. The Labute approximate surface area is 107 Å². The average molecular weight is 264 g/mol. The highest BCUT2D eigenvalue weighted by Gasteiger charge is 2.91. The number of rotatable bonds is 2. The first kappa shape index (κ1) is 10.3. The molecule has 0 aromatic rings. The van der Waals surface area contributed by atoms with E-state index < -0.39 is 27.3 Å². The fraction of sp³-hybridized carbons (Fsp3) is 0.917. The Morgan fingerprint density at radius 2 is 1.32 bits per heavy atom. The van der Waals surface area contributed by atoms with Crippen molar-refractivity contribution in [2.45, 2.75) is 18.5 Å². The van der Waals surface area contributed by atoms with E-state index in [4.69, 9.17) is 0 Å². The predicted octanol–water partition coefficient (Wildman–Crippen LogP) is 0.583. The molecule has 0 heterocycles. The number of Topliss-reactive ketones (excluding diaryl/α,β-unsaturated/α-hetero) is 1. The minimum absolute atomic E-state index is 0.0762. The van der Waals surface area contributed by atoms with Crippen LogP contribution in [0.1, 0.15) is 12.8 Å². The van der Waals surface area contributed by atoms with Gasteiger partial charge in [-0.3, -0.25) is 25.0 Å². The fourth-order valence-electron chi connectivity index (χ4n) is 6.89. The van der Waals surface area contributed by atoms with Crippen molar-refractivity contribution in [3.05, 3.63) is 20.2 Å². The van der Waals surface area contributed by atoms with Gasteiger partial charge in [-0.2, -0.15) is 0 Å². The van der Waals surface area contributed by atoms with E-state index in [1.165, 1.54) is 0 Å². The van der Waals surface area contributed by atoms with Crippen LogP contribution < -0.4 is 0 Å². The van der Waals surface area contributed by atoms with Gasteiger partial charge in [0, 0.05) is 11.8 Å². The molecule has 8 atom stereocenters. The largest absolute Gasteiger partial charge is 0.464 e. The summed E-state index contributed by atoms with van der Waals surface area (Å²) < 4.78 is 0. The fourth-order valence-corrected chi connectivity index (χ4v) is 6.89. The lowest BCUT2D eigenvalue weighted by Crippen LogP contribution is -2.55. The van der Waals surface area contributed by atoms with Crippen LogP contribution in [0.4, 0.5) is 0 Å². The lowest BCUT2D eigenvalue weighted by atomic mass is 9.60. The van der Waals surface area contributed by atoms with E-state index in [0.717, 1.165) is 0 Å². The van der Waals surface area contributed by atoms with Crippen molar-refractivity contribution in [1.29, 1.82) is 0 Å². The monoisotopic (exact) mass is 264 g/mol. The molecule has 0 N–H and O–H groups in total. The summed E-state index contributed by atoms with van der Waals surface area (Å²) in [7, 11) is 0. The number of nitro groups is 2. The molecule has 7 heteroatoms. The van der Waals surface area contributed by atoms with E-state index in [0.29, 0.717) is 12.8 Å². The molecule has 0 aliphatic heterocycles. The van der Waals surface area contributed by atoms with E-state index >= 15 is 0 Å². The van der Waals surface area contributed by atoms with E-state index in [1.54, 1.807) is 0 Å². The highest BCUT2D eigenvalue weighted by Crippen LogP contribution is 2.81. The van der Waals surface area contributed by atoms with Crippen LogP contribution in [0.5, 0.6) is 0 Å². The van der Waals surface area contributed by atoms with Crippen molar-refractivity contribution in [1.82, 2.24) is 0 Å². The number of ketones is 1. The third-order valence-corrected chi connectivity index (χ3v) is 7.06. The molecule has 5 rings (SSSR count). The van der Waals surface area contributed by atoms with Gasteiger partial charge in [0.1, 0.15) is 17.6 Å². The van der Waals surface area contributed by atoms with Crippen molar-refractivity contribution in [3.63, 3.8) is 0 Å². The lowest BCUT2D eigenvalue weighted by molar-refractivity contribution is -0.813. The van der Waals surface area contributed by atoms with Crippen molar-refractivity contribution < 1.29 is 14.6 Å². The number of hydrogen-bond donors (Lipinski definition) is 0. The minimum Gasteiger partial charge on any atom is -0.299 e. The SMILES string of the molecule is O=C1[C@H]2C[C@H]3[C@@H]4[C@@H]2[C@H]2[C@H]4[C@@H](C[C@@H]12)C3([N+](=O)[O-])[N+](=O)[O-]. The molecule has 19 heavy (non-hydrogen) atoms. The zero-order valence-electron chi connectivity index (χ0n) is 9.97. The second-order valence-corrected chi connectivity index (χ2v) is 6.91. The third-order valence-electron chi connectivity index (χ3n) is 7.06. The van der Waals surface area contributed by atoms with E-state index in [2.05, 4.69) is 0 Å². The second-order valence-electron chi connectivity index (χ2n) is 6.91. The summed E-state index contributed by atoms with van der Waals surface area (Å²) >= 11 is 0. The Hall–Kier alpha value is -1.53. The van der Waals surface area contributed by atoms with Gasteiger partial charge in [0.25, 0.3) is 0 Å². The third kappa shape index (κ3) is 0.694. The number of hydrogen-bond acceptors (Lipinski definition) is 5. The highest BCUT2D eigenvalue weighted by molar-refractivity contribution is 5.89. The molecular weight excluding hydrogens is 252 g/mol. The van der Waals surface area contributed by atoms with Gasteiger partial charge < -0.3 is 0 Å². The molecule has 0 radical (unpaired) electrons. The molecule has 5 fully saturated rings. The standard InChI is InChI=1S/C12H12N2O5/c15-11-3-1-5-9-7(3)8-4(11)2-6(10(8)9)12(5,13(16)17)14(18)19/h3-10H,1-2H2/t3-,4+,5-,6+,7-,8-,9+,10+/m0/s1. The Morgan fingerprint density at radius 1 is 0.895 bits per heavy atom. The summed E-state index contributed by atoms with van der Waals surface area (Å²) in [6.07, 6.45) is 0.770. The van der Waals surface area contributed by atoms with Crippen LogP contribution in [0.25, 0.3) is 0 Å². The molecule has 100 valence electrons. The summed E-state index contributed by atoms with van der Waals surface area (Å²) in [5, 5.41) is 23.1. The van der Waals surface area contributed by atoms with E-state index in [9.17, 15) is 25.0 Å². The number of nitrogens with zero attached hydrogens (tertiary/aromatic N) is 2. The summed E-state index contributed by atoms with van der Waals surface area (Å²) in [6.45, 7) is 0. The average Bonchev–Trinajstić information content (AvgIpc) is 2.86. The molecular formula is C12H12N2O5. The summed E-state index contributed by atoms with van der Waals surface area (Å²) in [5.41, 5.74) is -1.99. The van der Waals surface area contributed by atoms with Gasteiger partial charge in [0.05, 0.1) is 9.85 Å². The van der Waals surface area contributed by atoms with Crippen LogP contribution in [-0.2, 0) is 4.79 Å². The molecule has 0 spiro atoms. The Bertz CT molecular complexity index is 526. The molecule has 0 unspecified atom stereocenters. The summed E-state index contributed by atoms with van der Waals surface area (Å²) in [4.78, 5) is 34.1. The number of carbonyl (C=O) groups excluding carboxylic acids is 1. The summed E-state index contributed by atoms with van der Waals surface area (Å²) in [6, 6.07) is 0. The molecule has 5 saturated carbocycles. The van der Waals surface area contributed by atoms with Crippen molar-refractivity contribution in [2.75, 3.05) is 0 Å². The molecule has 0 saturated heterocycles. The smallest absolute Gasteiger partial charge is 0.299 e. The van der Waals surface area contributed by atoms with E-state index in [-0.39, 0.29) is 41.3 Å². The summed E-state index contributed by atoms with van der Waals surface area (Å²) in [5.74, 6) is -0.359. The molecule has 7 nitrogen and oxygen atoms in total. The van der Waals surface area contributed by atoms with Gasteiger partial charge >= 0.3 is 5.66 Å². The van der Waals surface area contributed by atoms with Crippen LogP contribution in [0.15, 0.2) is 0 Å². The maximum Gasteiger partial charge on any atom is 0.464 e. The van der Waals surface area contributed by atoms with Crippen LogP contribution in [0.3, 0.4) is 0 Å². The molecule has 0 bridgehead atoms. The zero-order valence-corrected chi connectivity index (χ0v) is 9.97. The quantitative estimate of drug-likeness (QED) is 0.412.